The molecule has 1 fully saturated rings. The zero-order valence-electron chi connectivity index (χ0n) is 6.84. The second-order valence-electron chi connectivity index (χ2n) is 2.76. The molecule has 0 radical (unpaired) electrons. The summed E-state index contributed by atoms with van der Waals surface area (Å²) in [5.41, 5.74) is 7.98. The minimum Gasteiger partial charge on any atom is -0.368 e. The summed E-state index contributed by atoms with van der Waals surface area (Å²) in [6.07, 6.45) is 4.86. The summed E-state index contributed by atoms with van der Waals surface area (Å²) < 4.78 is 0. The first-order valence-corrected chi connectivity index (χ1v) is 3.95. The van der Waals surface area contributed by atoms with Gasteiger partial charge < -0.3 is 5.73 Å². The second kappa shape index (κ2) is 4.18. The SMILES string of the molecule is CONC(N)=NC1CCCC1. The highest BCUT2D eigenvalue weighted by molar-refractivity contribution is 5.76. The standard InChI is InChI=1S/C7H15N3O/c1-11-10-7(8)9-6-4-2-3-5-6/h6H,2-5H2,1H3,(H3,8,9,10). The van der Waals surface area contributed by atoms with Crippen LogP contribution in [-0.4, -0.2) is 19.1 Å². The lowest BCUT2D eigenvalue weighted by Gasteiger charge is -2.05. The van der Waals surface area contributed by atoms with E-state index in [1.54, 1.807) is 0 Å². The largest absolute Gasteiger partial charge is 0.368 e. The maximum absolute atomic E-state index is 5.48. The van der Waals surface area contributed by atoms with Crippen molar-refractivity contribution in [3.05, 3.63) is 0 Å². The first-order chi connectivity index (χ1) is 5.33. The van der Waals surface area contributed by atoms with Gasteiger partial charge in [0.25, 0.3) is 0 Å². The van der Waals surface area contributed by atoms with Crippen molar-refractivity contribution in [1.82, 2.24) is 5.48 Å². The molecule has 0 heterocycles. The zero-order valence-corrected chi connectivity index (χ0v) is 6.84. The molecule has 11 heavy (non-hydrogen) atoms. The number of nitrogens with one attached hydrogen (secondary N) is 1. The Balaban J connectivity index is 2.30. The van der Waals surface area contributed by atoms with Crippen LogP contribution >= 0.6 is 0 Å². The van der Waals surface area contributed by atoms with E-state index in [0.29, 0.717) is 12.0 Å². The molecule has 0 aromatic heterocycles. The molecule has 1 rings (SSSR count). The first kappa shape index (κ1) is 8.33. The number of guanidine groups is 1. The van der Waals surface area contributed by atoms with E-state index in [9.17, 15) is 0 Å². The van der Waals surface area contributed by atoms with Crippen LogP contribution in [0, 0.1) is 0 Å². The summed E-state index contributed by atoms with van der Waals surface area (Å²) >= 11 is 0. The van der Waals surface area contributed by atoms with Gasteiger partial charge in [0.1, 0.15) is 0 Å². The lowest BCUT2D eigenvalue weighted by molar-refractivity contribution is 0.143. The molecule has 1 aliphatic carbocycles. The monoisotopic (exact) mass is 157 g/mol. The smallest absolute Gasteiger partial charge is 0.213 e. The van der Waals surface area contributed by atoms with E-state index in [1.807, 2.05) is 0 Å². The lowest BCUT2D eigenvalue weighted by atomic mass is 10.3. The molecule has 4 heteroatoms. The molecule has 0 saturated heterocycles. The van der Waals surface area contributed by atoms with Crippen LogP contribution in [0.1, 0.15) is 25.7 Å². The maximum Gasteiger partial charge on any atom is 0.213 e. The molecule has 0 spiro atoms. The minimum atomic E-state index is 0.388. The van der Waals surface area contributed by atoms with Crippen molar-refractivity contribution in [1.29, 1.82) is 0 Å². The number of nitrogens with two attached hydrogens (primary N) is 1. The van der Waals surface area contributed by atoms with Crippen molar-refractivity contribution < 1.29 is 4.84 Å². The van der Waals surface area contributed by atoms with Gasteiger partial charge in [-0.25, -0.2) is 10.5 Å². The zero-order chi connectivity index (χ0) is 8.10. The topological polar surface area (TPSA) is 59.6 Å². The molecule has 0 atom stereocenters. The van der Waals surface area contributed by atoms with Gasteiger partial charge in [-0.2, -0.15) is 0 Å². The molecular weight excluding hydrogens is 142 g/mol. The predicted octanol–water partition coefficient (Wildman–Crippen LogP) is 0.395. The lowest BCUT2D eigenvalue weighted by Crippen LogP contribution is -2.31. The minimum absolute atomic E-state index is 0.388. The Morgan fingerprint density at radius 3 is 2.73 bits per heavy atom. The van der Waals surface area contributed by atoms with Crippen LogP contribution in [0.15, 0.2) is 4.99 Å². The second-order valence-corrected chi connectivity index (χ2v) is 2.76. The van der Waals surface area contributed by atoms with Gasteiger partial charge in [-0.3, -0.25) is 4.84 Å². The van der Waals surface area contributed by atoms with E-state index >= 15 is 0 Å². The van der Waals surface area contributed by atoms with Crippen molar-refractivity contribution in [2.75, 3.05) is 7.11 Å². The highest BCUT2D eigenvalue weighted by Crippen LogP contribution is 2.20. The molecule has 4 nitrogen and oxygen atoms in total. The van der Waals surface area contributed by atoms with Crippen molar-refractivity contribution >= 4 is 5.96 Å². The Labute approximate surface area is 66.8 Å². The molecule has 0 unspecified atom stereocenters. The van der Waals surface area contributed by atoms with E-state index in [4.69, 9.17) is 5.73 Å². The molecule has 0 aromatic carbocycles. The van der Waals surface area contributed by atoms with Gasteiger partial charge in [-0.1, -0.05) is 12.8 Å². The molecule has 0 bridgehead atoms. The van der Waals surface area contributed by atoms with Crippen LogP contribution in [-0.2, 0) is 4.84 Å². The van der Waals surface area contributed by atoms with E-state index in [1.165, 1.54) is 20.0 Å². The van der Waals surface area contributed by atoms with Gasteiger partial charge >= 0.3 is 0 Å². The number of hydrogen-bond donors (Lipinski definition) is 2. The molecule has 1 saturated carbocycles. The number of aliphatic imine (C=N–C) groups is 1. The van der Waals surface area contributed by atoms with Gasteiger partial charge in [0.2, 0.25) is 5.96 Å². The molecule has 0 amide bonds. The van der Waals surface area contributed by atoms with Crippen LogP contribution in [0.5, 0.6) is 0 Å². The molecule has 0 aromatic rings. The van der Waals surface area contributed by atoms with Crippen LogP contribution in [0.3, 0.4) is 0 Å². The Bertz CT molecular complexity index is 141. The Morgan fingerprint density at radius 1 is 1.55 bits per heavy atom. The number of rotatable bonds is 2. The van der Waals surface area contributed by atoms with Crippen molar-refractivity contribution in [2.45, 2.75) is 31.7 Å². The Morgan fingerprint density at radius 2 is 2.18 bits per heavy atom. The van der Waals surface area contributed by atoms with Gasteiger partial charge in [0.15, 0.2) is 0 Å². The first-order valence-electron chi connectivity index (χ1n) is 3.95. The number of hydrogen-bond acceptors (Lipinski definition) is 2. The summed E-state index contributed by atoms with van der Waals surface area (Å²) in [4.78, 5) is 8.83. The summed E-state index contributed by atoms with van der Waals surface area (Å²) in [5.74, 6) is 0.388. The maximum atomic E-state index is 5.48. The van der Waals surface area contributed by atoms with E-state index in [0.717, 1.165) is 12.8 Å². The third kappa shape index (κ3) is 2.76. The summed E-state index contributed by atoms with van der Waals surface area (Å²) in [6, 6.07) is 0.414. The van der Waals surface area contributed by atoms with Gasteiger partial charge in [-0.15, -0.1) is 0 Å². The van der Waals surface area contributed by atoms with Crippen LogP contribution in [0.4, 0.5) is 0 Å². The van der Waals surface area contributed by atoms with Crippen LogP contribution in [0.2, 0.25) is 0 Å². The van der Waals surface area contributed by atoms with E-state index in [-0.39, 0.29) is 0 Å². The van der Waals surface area contributed by atoms with Crippen LogP contribution < -0.4 is 11.2 Å². The molecule has 64 valence electrons. The quantitative estimate of drug-likeness (QED) is 0.346. The van der Waals surface area contributed by atoms with E-state index < -0.39 is 0 Å². The van der Waals surface area contributed by atoms with Gasteiger partial charge in [0, 0.05) is 0 Å². The fourth-order valence-electron chi connectivity index (χ4n) is 1.36. The highest BCUT2D eigenvalue weighted by atomic mass is 16.6. The van der Waals surface area contributed by atoms with Crippen molar-refractivity contribution in [3.8, 4) is 0 Å². The number of hydroxylamine groups is 1. The highest BCUT2D eigenvalue weighted by Gasteiger charge is 2.13. The van der Waals surface area contributed by atoms with Gasteiger partial charge in [-0.05, 0) is 12.8 Å². The Kier molecular flexibility index (Phi) is 3.16. The molecule has 1 aliphatic rings. The third-order valence-electron chi connectivity index (χ3n) is 1.85. The molecular formula is C7H15N3O. The average Bonchev–Trinajstić information content (AvgIpc) is 2.40. The summed E-state index contributed by atoms with van der Waals surface area (Å²) in [6.45, 7) is 0. The average molecular weight is 157 g/mol. The summed E-state index contributed by atoms with van der Waals surface area (Å²) in [7, 11) is 1.52. The van der Waals surface area contributed by atoms with E-state index in [2.05, 4.69) is 15.3 Å². The Hall–Kier alpha value is -0.770. The van der Waals surface area contributed by atoms with Gasteiger partial charge in [0.05, 0.1) is 13.2 Å². The fourth-order valence-corrected chi connectivity index (χ4v) is 1.36. The third-order valence-corrected chi connectivity index (χ3v) is 1.85. The number of nitrogens with zero attached hydrogens (tertiary/aromatic N) is 1. The summed E-state index contributed by atoms with van der Waals surface area (Å²) in [5, 5.41) is 0. The van der Waals surface area contributed by atoms with Crippen molar-refractivity contribution in [2.24, 2.45) is 10.7 Å². The van der Waals surface area contributed by atoms with Crippen LogP contribution in [0.25, 0.3) is 0 Å². The van der Waals surface area contributed by atoms with Crippen molar-refractivity contribution in [3.63, 3.8) is 0 Å². The molecule has 0 aliphatic heterocycles. The predicted molar refractivity (Wildman–Crippen MR) is 44.0 cm³/mol. The molecule has 3 N–H and O–H groups in total. The fraction of sp³-hybridized carbons (Fsp3) is 0.857. The normalized spacial score (nSPS) is 20.6.